The minimum atomic E-state index is -5.89. The van der Waals surface area contributed by atoms with Crippen LogP contribution in [-0.4, -0.2) is 37.6 Å². The summed E-state index contributed by atoms with van der Waals surface area (Å²) in [7, 11) is -5.89. The van der Waals surface area contributed by atoms with Crippen molar-refractivity contribution < 1.29 is 40.8 Å². The molecule has 1 aromatic rings. The quantitative estimate of drug-likeness (QED) is 0.163. The van der Waals surface area contributed by atoms with E-state index in [1.165, 1.54) is 12.1 Å². The normalized spacial score (nSPS) is 12.1. The van der Waals surface area contributed by atoms with Crippen molar-refractivity contribution in [1.82, 2.24) is 0 Å². The second-order valence-corrected chi connectivity index (χ2v) is 8.00. The van der Waals surface area contributed by atoms with Crippen LogP contribution in [0.5, 0.6) is 5.75 Å². The summed E-state index contributed by atoms with van der Waals surface area (Å²) in [4.78, 5) is 11.1. The topological polar surface area (TPSA) is 99.1 Å². The van der Waals surface area contributed by atoms with E-state index in [2.05, 4.69) is 4.74 Å². The van der Waals surface area contributed by atoms with E-state index >= 15 is 0 Å². The third kappa shape index (κ3) is 5.60. The van der Waals surface area contributed by atoms with Crippen molar-refractivity contribution in [3.8, 4) is 5.75 Å². The van der Waals surface area contributed by atoms with Crippen LogP contribution in [0.3, 0.4) is 0 Å². The average molecular weight is 592 g/mol. The minimum Gasteiger partial charge on any atom is -0.465 e. The Kier molecular flexibility index (Phi) is 8.02. The zero-order valence-corrected chi connectivity index (χ0v) is 17.2. The number of alkyl halides is 2. The van der Waals surface area contributed by atoms with Gasteiger partial charge in [0.1, 0.15) is 12.4 Å². The third-order valence-corrected chi connectivity index (χ3v) is 4.90. The fourth-order valence-electron chi connectivity index (χ4n) is 1.36. The Morgan fingerprint density at radius 1 is 1.29 bits per heavy atom. The summed E-state index contributed by atoms with van der Waals surface area (Å²) in [5.74, 6) is -1.84. The van der Waals surface area contributed by atoms with Crippen LogP contribution >= 0.6 is 45.2 Å². The van der Waals surface area contributed by atoms with Gasteiger partial charge in [0.15, 0.2) is 6.79 Å². The first-order chi connectivity index (χ1) is 11.0. The van der Waals surface area contributed by atoms with Crippen LogP contribution in [0, 0.1) is 7.14 Å². The molecule has 7 nitrogen and oxygen atoms in total. The number of hydrogen-bond acceptors (Lipinski definition) is 6. The fourth-order valence-corrected chi connectivity index (χ4v) is 3.83. The fraction of sp³-hybridized carbons (Fsp3) is 0.417. The first-order valence-corrected chi connectivity index (χ1v) is 9.81. The molecule has 0 aromatic heterocycles. The van der Waals surface area contributed by atoms with E-state index < -0.39 is 27.9 Å². The monoisotopic (exact) mass is 592 g/mol. The highest BCUT2D eigenvalue weighted by molar-refractivity contribution is 14.1. The van der Waals surface area contributed by atoms with Gasteiger partial charge < -0.3 is 14.2 Å². The Balaban J connectivity index is 2.82. The van der Waals surface area contributed by atoms with Crippen LogP contribution in [-0.2, 0) is 31.0 Å². The van der Waals surface area contributed by atoms with Gasteiger partial charge in [0.2, 0.25) is 0 Å². The number of benzene rings is 1. The van der Waals surface area contributed by atoms with E-state index in [-0.39, 0.29) is 6.79 Å². The van der Waals surface area contributed by atoms with Gasteiger partial charge in [-0.05, 0) is 69.8 Å². The number of hydrogen-bond donors (Lipinski definition) is 1. The lowest BCUT2D eigenvalue weighted by Gasteiger charge is -2.14. The van der Waals surface area contributed by atoms with Gasteiger partial charge in [-0.25, -0.2) is 4.79 Å². The van der Waals surface area contributed by atoms with Crippen LogP contribution in [0.4, 0.5) is 8.78 Å². The van der Waals surface area contributed by atoms with Crippen molar-refractivity contribution in [3.05, 3.63) is 24.8 Å². The largest absolute Gasteiger partial charge is 0.465 e. The summed E-state index contributed by atoms with van der Waals surface area (Å²) in [5.41, 5.74) is 0.340. The molecule has 1 aromatic carbocycles. The third-order valence-electron chi connectivity index (χ3n) is 2.48. The highest BCUT2D eigenvalue weighted by atomic mass is 127. The average Bonchev–Trinajstić information content (AvgIpc) is 2.46. The highest BCUT2D eigenvalue weighted by Gasteiger charge is 2.54. The summed E-state index contributed by atoms with van der Waals surface area (Å²) >= 11 is 3.88. The van der Waals surface area contributed by atoms with Gasteiger partial charge in [-0.2, -0.15) is 17.2 Å². The van der Waals surface area contributed by atoms with Crippen molar-refractivity contribution in [3.63, 3.8) is 0 Å². The summed E-state index contributed by atoms with van der Waals surface area (Å²) in [6.07, 6.45) is 0. The Labute approximate surface area is 164 Å². The lowest BCUT2D eigenvalue weighted by Crippen LogP contribution is -2.38. The van der Waals surface area contributed by atoms with Gasteiger partial charge in [-0.1, -0.05) is 0 Å². The zero-order valence-electron chi connectivity index (χ0n) is 12.1. The maximum atomic E-state index is 13.1. The second kappa shape index (κ2) is 8.86. The minimum absolute atomic E-state index is 0.0391. The molecular formula is C12H12F2I2O7S. The van der Waals surface area contributed by atoms with E-state index in [1.54, 1.807) is 6.92 Å². The summed E-state index contributed by atoms with van der Waals surface area (Å²) in [6, 6.07) is 3.03. The van der Waals surface area contributed by atoms with Crippen molar-refractivity contribution in [1.29, 1.82) is 0 Å². The molecule has 1 rings (SSSR count). The van der Waals surface area contributed by atoms with E-state index in [4.69, 9.17) is 14.0 Å². The smallest absolute Gasteiger partial charge is 0.465 e. The molecule has 0 amide bonds. The molecule has 0 aliphatic rings. The molecule has 0 fully saturated rings. The Hall–Kier alpha value is -0.320. The van der Waals surface area contributed by atoms with Crippen LogP contribution in [0.2, 0.25) is 0 Å². The van der Waals surface area contributed by atoms with Crippen molar-refractivity contribution >= 4 is 61.3 Å². The van der Waals surface area contributed by atoms with E-state index in [9.17, 15) is 22.0 Å². The lowest BCUT2D eigenvalue weighted by molar-refractivity contribution is -0.162. The van der Waals surface area contributed by atoms with Gasteiger partial charge in [0, 0.05) is 6.61 Å². The number of carbonyl (C=O) groups is 1. The number of halogens is 4. The maximum absolute atomic E-state index is 13.1. The van der Waals surface area contributed by atoms with Crippen molar-refractivity contribution in [2.45, 2.75) is 18.8 Å². The summed E-state index contributed by atoms with van der Waals surface area (Å²) in [6.45, 7) is 1.72. The Morgan fingerprint density at radius 3 is 2.29 bits per heavy atom. The van der Waals surface area contributed by atoms with Gasteiger partial charge >= 0.3 is 21.3 Å². The molecule has 0 aliphatic carbocycles. The Morgan fingerprint density at radius 2 is 1.83 bits per heavy atom. The maximum Gasteiger partial charge on any atom is 0.465 e. The molecule has 0 spiro atoms. The number of esters is 1. The molecule has 24 heavy (non-hydrogen) atoms. The molecule has 0 atom stereocenters. The van der Waals surface area contributed by atoms with Crippen molar-refractivity contribution in [2.75, 3.05) is 13.4 Å². The van der Waals surface area contributed by atoms with Gasteiger partial charge in [0.05, 0.1) is 7.14 Å². The predicted octanol–water partition coefficient (Wildman–Crippen LogP) is 2.79. The second-order valence-electron chi connectivity index (χ2n) is 4.21. The summed E-state index contributed by atoms with van der Waals surface area (Å²) < 4.78 is 71.4. The van der Waals surface area contributed by atoms with E-state index in [0.717, 1.165) is 0 Å². The molecule has 0 unspecified atom stereocenters. The number of ether oxygens (including phenoxy) is 3. The van der Waals surface area contributed by atoms with Gasteiger partial charge in [-0.3, -0.25) is 4.55 Å². The van der Waals surface area contributed by atoms with E-state index in [1.807, 2.05) is 45.2 Å². The zero-order chi connectivity index (χ0) is 18.5. The molecule has 0 saturated carbocycles. The molecule has 0 heterocycles. The van der Waals surface area contributed by atoms with Gasteiger partial charge in [0.25, 0.3) is 0 Å². The van der Waals surface area contributed by atoms with Gasteiger partial charge in [-0.15, -0.1) is 0 Å². The van der Waals surface area contributed by atoms with Crippen LogP contribution in [0.15, 0.2) is 12.1 Å². The molecular weight excluding hydrogens is 580 g/mol. The molecule has 0 saturated heterocycles. The Bertz CT molecular complexity index is 686. The standard InChI is InChI=1S/C12H12F2I2O7S/c1-2-21-6-23-10-8(15)3-7(4-9(10)16)5-22-11(17)12(13,14)24(18,19)20/h3-4H,2,5-6H2,1H3,(H,18,19,20). The number of carbonyl (C=O) groups excluding carboxylic acids is 1. The van der Waals surface area contributed by atoms with E-state index in [0.29, 0.717) is 25.1 Å². The lowest BCUT2D eigenvalue weighted by atomic mass is 10.2. The SMILES string of the molecule is CCOCOc1c(I)cc(COC(=O)C(F)(F)S(=O)(=O)O)cc1I. The van der Waals surface area contributed by atoms with Crippen LogP contribution in [0.1, 0.15) is 12.5 Å². The number of rotatable bonds is 8. The van der Waals surface area contributed by atoms with Crippen molar-refractivity contribution in [2.24, 2.45) is 0 Å². The molecule has 136 valence electrons. The van der Waals surface area contributed by atoms with Crippen LogP contribution in [0.25, 0.3) is 0 Å². The predicted molar refractivity (Wildman–Crippen MR) is 95.3 cm³/mol. The molecule has 0 radical (unpaired) electrons. The molecule has 0 aliphatic heterocycles. The summed E-state index contributed by atoms with van der Waals surface area (Å²) in [5, 5.41) is -5.02. The van der Waals surface area contributed by atoms with Crippen LogP contribution < -0.4 is 4.74 Å². The molecule has 12 heteroatoms. The highest BCUT2D eigenvalue weighted by Crippen LogP contribution is 2.30. The first-order valence-electron chi connectivity index (χ1n) is 6.21. The molecule has 0 bridgehead atoms. The first kappa shape index (κ1) is 21.7. The molecule has 1 N–H and O–H groups in total.